The summed E-state index contributed by atoms with van der Waals surface area (Å²) in [6, 6.07) is 17.2. The summed E-state index contributed by atoms with van der Waals surface area (Å²) in [5.41, 5.74) is 1.98. The zero-order chi connectivity index (χ0) is 20.1. The van der Waals surface area contributed by atoms with E-state index in [1.807, 2.05) is 30.3 Å². The third-order valence-electron chi connectivity index (χ3n) is 5.30. The Hall–Kier alpha value is -3.06. The number of benzene rings is 2. The minimum atomic E-state index is -0.645. The fraction of sp³-hybridized carbons (Fsp3) is 0.364. The molecule has 0 bridgehead atoms. The van der Waals surface area contributed by atoms with Gasteiger partial charge in [-0.15, -0.1) is 0 Å². The number of rotatable bonds is 5. The van der Waals surface area contributed by atoms with Crippen LogP contribution >= 0.6 is 0 Å². The van der Waals surface area contributed by atoms with Crippen molar-refractivity contribution in [2.45, 2.75) is 37.8 Å². The molecule has 0 atom stereocenters. The summed E-state index contributed by atoms with van der Waals surface area (Å²) in [6.45, 7) is 1.99. The molecule has 0 aromatic heterocycles. The van der Waals surface area contributed by atoms with Crippen LogP contribution in [0.25, 0.3) is 0 Å². The number of amides is 2. The average molecular weight is 391 g/mol. The van der Waals surface area contributed by atoms with Gasteiger partial charge >= 0.3 is 11.8 Å². The van der Waals surface area contributed by atoms with Gasteiger partial charge in [-0.05, 0) is 62.1 Å². The number of carbonyl (C=O) groups is 2. The Balaban J connectivity index is 1.24. The first-order valence-corrected chi connectivity index (χ1v) is 10.1. The van der Waals surface area contributed by atoms with Crippen LogP contribution < -0.4 is 10.6 Å². The van der Waals surface area contributed by atoms with Gasteiger partial charge < -0.3 is 15.5 Å². The first kappa shape index (κ1) is 19.3. The molecule has 1 saturated carbocycles. The highest BCUT2D eigenvalue weighted by molar-refractivity contribution is 6.39. The number of nitrogens with one attached hydrogen (secondary N) is 2. The summed E-state index contributed by atoms with van der Waals surface area (Å²) >= 11 is 0. The van der Waals surface area contributed by atoms with Gasteiger partial charge in [-0.25, -0.2) is 0 Å². The molecular formula is C22H25N5O2. The van der Waals surface area contributed by atoms with Crippen molar-refractivity contribution in [2.75, 3.05) is 18.4 Å². The molecule has 2 aliphatic rings. The van der Waals surface area contributed by atoms with Crippen molar-refractivity contribution in [1.82, 2.24) is 10.2 Å². The third-order valence-corrected chi connectivity index (χ3v) is 5.30. The molecule has 1 heterocycles. The first-order chi connectivity index (χ1) is 14.2. The zero-order valence-electron chi connectivity index (χ0n) is 16.3. The summed E-state index contributed by atoms with van der Waals surface area (Å²) in [5.74, 6) is -1.23. The van der Waals surface area contributed by atoms with E-state index in [2.05, 4.69) is 25.8 Å². The van der Waals surface area contributed by atoms with Crippen molar-refractivity contribution >= 4 is 28.9 Å². The SMILES string of the molecule is O=C(Nc1ccc(N=Nc2ccccc2)cc1)C(=O)NC1CCN(C2CC2)CC1. The molecule has 4 rings (SSSR count). The minimum absolute atomic E-state index is 0.0732. The maximum Gasteiger partial charge on any atom is 0.313 e. The normalized spacial score (nSPS) is 17.9. The predicted octanol–water partition coefficient (Wildman–Crippen LogP) is 3.78. The summed E-state index contributed by atoms with van der Waals surface area (Å²) in [7, 11) is 0. The van der Waals surface area contributed by atoms with E-state index in [9.17, 15) is 9.59 Å². The first-order valence-electron chi connectivity index (χ1n) is 10.1. The molecule has 1 aliphatic carbocycles. The molecule has 1 saturated heterocycles. The number of azo groups is 1. The Bertz CT molecular complexity index is 870. The monoisotopic (exact) mass is 391 g/mol. The summed E-state index contributed by atoms with van der Waals surface area (Å²) in [4.78, 5) is 26.9. The Morgan fingerprint density at radius 1 is 0.793 bits per heavy atom. The Morgan fingerprint density at radius 2 is 1.41 bits per heavy atom. The van der Waals surface area contributed by atoms with E-state index in [0.717, 1.165) is 37.7 Å². The average Bonchev–Trinajstić information content (AvgIpc) is 3.60. The van der Waals surface area contributed by atoms with Crippen LogP contribution in [0.5, 0.6) is 0 Å². The summed E-state index contributed by atoms with van der Waals surface area (Å²) < 4.78 is 0. The molecule has 2 fully saturated rings. The van der Waals surface area contributed by atoms with Crippen molar-refractivity contribution in [3.05, 3.63) is 54.6 Å². The van der Waals surface area contributed by atoms with Crippen LogP contribution in [0.3, 0.4) is 0 Å². The van der Waals surface area contributed by atoms with Crippen molar-refractivity contribution < 1.29 is 9.59 Å². The maximum absolute atomic E-state index is 12.2. The molecule has 7 heteroatoms. The van der Waals surface area contributed by atoms with Gasteiger partial charge in [-0.2, -0.15) is 10.2 Å². The van der Waals surface area contributed by atoms with E-state index in [1.54, 1.807) is 24.3 Å². The Kier molecular flexibility index (Phi) is 5.95. The van der Waals surface area contributed by atoms with Gasteiger partial charge in [0.1, 0.15) is 0 Å². The highest BCUT2D eigenvalue weighted by atomic mass is 16.2. The largest absolute Gasteiger partial charge is 0.345 e. The molecule has 2 N–H and O–H groups in total. The highest BCUT2D eigenvalue weighted by Crippen LogP contribution is 2.29. The smallest absolute Gasteiger partial charge is 0.313 e. The second kappa shape index (κ2) is 8.96. The zero-order valence-corrected chi connectivity index (χ0v) is 16.3. The number of carbonyl (C=O) groups excluding carboxylic acids is 2. The van der Waals surface area contributed by atoms with E-state index >= 15 is 0 Å². The van der Waals surface area contributed by atoms with E-state index in [0.29, 0.717) is 11.4 Å². The highest BCUT2D eigenvalue weighted by Gasteiger charge is 2.32. The quantitative estimate of drug-likeness (QED) is 0.601. The third kappa shape index (κ3) is 5.48. The van der Waals surface area contributed by atoms with Crippen molar-refractivity contribution in [1.29, 1.82) is 0 Å². The van der Waals surface area contributed by atoms with Crippen LogP contribution in [0.2, 0.25) is 0 Å². The van der Waals surface area contributed by atoms with Gasteiger partial charge in [0.25, 0.3) is 0 Å². The Labute approximate surface area is 170 Å². The molecule has 7 nitrogen and oxygen atoms in total. The lowest BCUT2D eigenvalue weighted by molar-refractivity contribution is -0.136. The van der Waals surface area contributed by atoms with Gasteiger partial charge in [-0.1, -0.05) is 18.2 Å². The second-order valence-electron chi connectivity index (χ2n) is 7.55. The summed E-state index contributed by atoms with van der Waals surface area (Å²) in [6.07, 6.45) is 4.39. The topological polar surface area (TPSA) is 86.2 Å². The number of hydrogen-bond donors (Lipinski definition) is 2. The van der Waals surface area contributed by atoms with E-state index in [-0.39, 0.29) is 6.04 Å². The van der Waals surface area contributed by atoms with Crippen LogP contribution in [0.15, 0.2) is 64.8 Å². The molecule has 2 aromatic carbocycles. The number of likely N-dealkylation sites (tertiary alicyclic amines) is 1. The molecule has 1 aliphatic heterocycles. The Morgan fingerprint density at radius 3 is 2.03 bits per heavy atom. The van der Waals surface area contributed by atoms with Gasteiger partial charge in [0.2, 0.25) is 0 Å². The molecule has 150 valence electrons. The lowest BCUT2D eigenvalue weighted by Gasteiger charge is -2.32. The van der Waals surface area contributed by atoms with Crippen LogP contribution in [0.1, 0.15) is 25.7 Å². The molecule has 0 radical (unpaired) electrons. The van der Waals surface area contributed by atoms with Gasteiger partial charge in [0.15, 0.2) is 0 Å². The van der Waals surface area contributed by atoms with E-state index in [4.69, 9.17) is 0 Å². The number of hydrogen-bond acceptors (Lipinski definition) is 5. The predicted molar refractivity (Wildman–Crippen MR) is 111 cm³/mol. The van der Waals surface area contributed by atoms with E-state index in [1.165, 1.54) is 12.8 Å². The van der Waals surface area contributed by atoms with Crippen LogP contribution in [-0.2, 0) is 9.59 Å². The molecule has 0 unspecified atom stereocenters. The van der Waals surface area contributed by atoms with E-state index < -0.39 is 11.8 Å². The second-order valence-corrected chi connectivity index (χ2v) is 7.55. The molecule has 29 heavy (non-hydrogen) atoms. The fourth-order valence-electron chi connectivity index (χ4n) is 3.51. The van der Waals surface area contributed by atoms with Gasteiger partial charge in [-0.3, -0.25) is 9.59 Å². The molecular weight excluding hydrogens is 366 g/mol. The van der Waals surface area contributed by atoms with Gasteiger partial charge in [0, 0.05) is 30.9 Å². The van der Waals surface area contributed by atoms with Crippen molar-refractivity contribution in [2.24, 2.45) is 10.2 Å². The molecule has 2 amide bonds. The maximum atomic E-state index is 12.2. The molecule has 2 aromatic rings. The molecule has 0 spiro atoms. The van der Waals surface area contributed by atoms with Gasteiger partial charge in [0.05, 0.1) is 11.4 Å². The number of nitrogens with zero attached hydrogens (tertiary/aromatic N) is 3. The standard InChI is InChI=1S/C22H25N5O2/c28-21(22(29)24-17-12-14-27(15-13-17)20-10-11-20)23-16-6-8-19(9-7-16)26-25-18-4-2-1-3-5-18/h1-9,17,20H,10-15H2,(H,23,28)(H,24,29). The number of piperidine rings is 1. The van der Waals surface area contributed by atoms with Crippen LogP contribution in [0, 0.1) is 0 Å². The lowest BCUT2D eigenvalue weighted by Crippen LogP contribution is -2.48. The van der Waals surface area contributed by atoms with Crippen molar-refractivity contribution in [3.8, 4) is 0 Å². The minimum Gasteiger partial charge on any atom is -0.345 e. The summed E-state index contributed by atoms with van der Waals surface area (Å²) in [5, 5.41) is 13.8. The number of anilines is 1. The van der Waals surface area contributed by atoms with Crippen LogP contribution in [0.4, 0.5) is 17.1 Å². The fourth-order valence-corrected chi connectivity index (χ4v) is 3.51. The lowest BCUT2D eigenvalue weighted by atomic mass is 10.0. The van der Waals surface area contributed by atoms with Crippen molar-refractivity contribution in [3.63, 3.8) is 0 Å². The van der Waals surface area contributed by atoms with Crippen LogP contribution in [-0.4, -0.2) is 41.9 Å².